The van der Waals surface area contributed by atoms with Crippen molar-refractivity contribution >= 4 is 35.2 Å². The molecule has 1 fully saturated rings. The highest BCUT2D eigenvalue weighted by molar-refractivity contribution is 6.36. The van der Waals surface area contributed by atoms with Crippen molar-refractivity contribution in [2.75, 3.05) is 32.7 Å². The topological polar surface area (TPSA) is 23.6 Å². The van der Waals surface area contributed by atoms with E-state index >= 15 is 0 Å². The highest BCUT2D eigenvalue weighted by atomic mass is 35.5. The molecule has 1 aliphatic heterocycles. The summed E-state index contributed by atoms with van der Waals surface area (Å²) in [5.41, 5.74) is 1.72. The Morgan fingerprint density at radius 3 is 2.40 bits per heavy atom. The van der Waals surface area contributed by atoms with Gasteiger partial charge in [0.25, 0.3) is 5.91 Å². The van der Waals surface area contributed by atoms with Crippen LogP contribution in [0, 0.1) is 0 Å². The molecule has 130 valence electrons. The van der Waals surface area contributed by atoms with E-state index in [0.29, 0.717) is 28.7 Å². The number of carbonyl (C=O) groups is 1. The maximum atomic E-state index is 12.6. The first-order valence-electron chi connectivity index (χ1n) is 8.32. The normalized spacial score (nSPS) is 15.7. The molecule has 1 heterocycles. The monoisotopic (exact) mass is 374 g/mol. The maximum Gasteiger partial charge on any atom is 0.255 e. The second kappa shape index (κ2) is 8.52. The van der Waals surface area contributed by atoms with Crippen LogP contribution in [0.4, 0.5) is 0 Å². The van der Waals surface area contributed by atoms with E-state index < -0.39 is 0 Å². The van der Waals surface area contributed by atoms with Crippen LogP contribution in [-0.2, 0) is 0 Å². The Morgan fingerprint density at radius 1 is 1.00 bits per heavy atom. The van der Waals surface area contributed by atoms with Crippen molar-refractivity contribution in [3.8, 4) is 0 Å². The second-order valence-corrected chi connectivity index (χ2v) is 6.87. The minimum atomic E-state index is -0.0267. The predicted molar refractivity (Wildman–Crippen MR) is 104 cm³/mol. The van der Waals surface area contributed by atoms with Gasteiger partial charge in [-0.2, -0.15) is 0 Å². The lowest BCUT2D eigenvalue weighted by Crippen LogP contribution is -2.48. The van der Waals surface area contributed by atoms with Crippen molar-refractivity contribution < 1.29 is 4.79 Å². The summed E-state index contributed by atoms with van der Waals surface area (Å²) < 4.78 is 0. The third-order valence-electron chi connectivity index (χ3n) is 4.29. The van der Waals surface area contributed by atoms with E-state index in [9.17, 15) is 4.79 Å². The first-order chi connectivity index (χ1) is 12.1. The van der Waals surface area contributed by atoms with E-state index in [1.54, 1.807) is 18.2 Å². The quantitative estimate of drug-likeness (QED) is 0.788. The number of hydrogen-bond acceptors (Lipinski definition) is 2. The van der Waals surface area contributed by atoms with Crippen molar-refractivity contribution in [3.05, 3.63) is 75.8 Å². The molecule has 0 unspecified atom stereocenters. The largest absolute Gasteiger partial charge is 0.336 e. The van der Waals surface area contributed by atoms with Gasteiger partial charge in [-0.1, -0.05) is 65.7 Å². The van der Waals surface area contributed by atoms with Gasteiger partial charge in [-0.15, -0.1) is 0 Å². The third kappa shape index (κ3) is 4.85. The lowest BCUT2D eigenvalue weighted by Gasteiger charge is -2.34. The number of rotatable bonds is 4. The van der Waals surface area contributed by atoms with E-state index in [1.807, 2.05) is 23.1 Å². The van der Waals surface area contributed by atoms with Crippen molar-refractivity contribution in [2.45, 2.75) is 0 Å². The molecule has 0 spiro atoms. The van der Waals surface area contributed by atoms with Gasteiger partial charge in [0.1, 0.15) is 0 Å². The van der Waals surface area contributed by atoms with Crippen LogP contribution in [0.2, 0.25) is 10.0 Å². The molecule has 3 rings (SSSR count). The van der Waals surface area contributed by atoms with Gasteiger partial charge in [-0.25, -0.2) is 0 Å². The van der Waals surface area contributed by atoms with E-state index in [1.165, 1.54) is 5.56 Å². The molecule has 2 aromatic carbocycles. The zero-order valence-corrected chi connectivity index (χ0v) is 15.4. The summed E-state index contributed by atoms with van der Waals surface area (Å²) in [5.74, 6) is -0.0267. The zero-order valence-electron chi connectivity index (χ0n) is 13.9. The average molecular weight is 375 g/mol. The predicted octanol–water partition coefficient (Wildman–Crippen LogP) is 4.46. The molecule has 25 heavy (non-hydrogen) atoms. The van der Waals surface area contributed by atoms with Crippen LogP contribution in [0.15, 0.2) is 54.6 Å². The van der Waals surface area contributed by atoms with Crippen LogP contribution in [0.25, 0.3) is 6.08 Å². The molecule has 0 atom stereocenters. The molecule has 0 aliphatic carbocycles. The van der Waals surface area contributed by atoms with Gasteiger partial charge in [-0.05, 0) is 23.8 Å². The number of halogens is 2. The summed E-state index contributed by atoms with van der Waals surface area (Å²) in [6, 6.07) is 15.3. The Bertz CT molecular complexity index is 754. The van der Waals surface area contributed by atoms with Gasteiger partial charge >= 0.3 is 0 Å². The summed E-state index contributed by atoms with van der Waals surface area (Å²) in [6.07, 6.45) is 4.30. The maximum absolute atomic E-state index is 12.6. The highest BCUT2D eigenvalue weighted by Gasteiger charge is 2.23. The average Bonchev–Trinajstić information content (AvgIpc) is 2.63. The van der Waals surface area contributed by atoms with Crippen LogP contribution in [0.5, 0.6) is 0 Å². The van der Waals surface area contributed by atoms with Gasteiger partial charge in [0.05, 0.1) is 10.6 Å². The van der Waals surface area contributed by atoms with Gasteiger partial charge in [0.15, 0.2) is 0 Å². The van der Waals surface area contributed by atoms with E-state index in [2.05, 4.69) is 29.2 Å². The molecule has 2 aromatic rings. The number of hydrogen-bond donors (Lipinski definition) is 0. The Hall–Kier alpha value is -1.81. The molecular weight excluding hydrogens is 355 g/mol. The number of nitrogens with zero attached hydrogens (tertiary/aromatic N) is 2. The van der Waals surface area contributed by atoms with Gasteiger partial charge in [0, 0.05) is 37.7 Å². The summed E-state index contributed by atoms with van der Waals surface area (Å²) in [7, 11) is 0. The van der Waals surface area contributed by atoms with Crippen molar-refractivity contribution in [1.29, 1.82) is 0 Å². The first-order valence-corrected chi connectivity index (χ1v) is 9.07. The Balaban J connectivity index is 1.51. The fraction of sp³-hybridized carbons (Fsp3) is 0.250. The Morgan fingerprint density at radius 2 is 1.72 bits per heavy atom. The van der Waals surface area contributed by atoms with Crippen LogP contribution in [0.1, 0.15) is 15.9 Å². The van der Waals surface area contributed by atoms with E-state index in [-0.39, 0.29) is 5.91 Å². The third-order valence-corrected chi connectivity index (χ3v) is 4.84. The Labute approximate surface area is 158 Å². The molecule has 0 radical (unpaired) electrons. The summed E-state index contributed by atoms with van der Waals surface area (Å²) in [5, 5.41) is 0.947. The molecule has 1 saturated heterocycles. The van der Waals surface area contributed by atoms with Crippen LogP contribution in [-0.4, -0.2) is 48.4 Å². The number of amides is 1. The molecular formula is C20H20Cl2N2O. The molecule has 0 saturated carbocycles. The van der Waals surface area contributed by atoms with E-state index in [4.69, 9.17) is 23.2 Å². The minimum Gasteiger partial charge on any atom is -0.336 e. The van der Waals surface area contributed by atoms with Crippen LogP contribution in [0.3, 0.4) is 0 Å². The van der Waals surface area contributed by atoms with Gasteiger partial charge < -0.3 is 4.90 Å². The van der Waals surface area contributed by atoms with E-state index in [0.717, 1.165) is 19.6 Å². The smallest absolute Gasteiger partial charge is 0.255 e. The summed E-state index contributed by atoms with van der Waals surface area (Å²) >= 11 is 12.0. The standard InChI is InChI=1S/C20H20Cl2N2O/c21-17-8-9-18(19(22)15-17)20(25)24-13-11-23(12-14-24)10-4-7-16-5-2-1-3-6-16/h1-9,15H,10-14H2/b7-4+. The van der Waals surface area contributed by atoms with Crippen molar-refractivity contribution in [1.82, 2.24) is 9.80 Å². The zero-order chi connectivity index (χ0) is 17.6. The van der Waals surface area contributed by atoms with Crippen molar-refractivity contribution in [2.24, 2.45) is 0 Å². The molecule has 0 bridgehead atoms. The molecule has 1 aliphatic rings. The SMILES string of the molecule is O=C(c1ccc(Cl)cc1Cl)N1CCN(C/C=C/c2ccccc2)CC1. The fourth-order valence-corrected chi connectivity index (χ4v) is 3.36. The fourth-order valence-electron chi connectivity index (χ4n) is 2.87. The first kappa shape index (κ1) is 18.0. The Kier molecular flexibility index (Phi) is 6.14. The lowest BCUT2D eigenvalue weighted by atomic mass is 10.1. The van der Waals surface area contributed by atoms with Crippen LogP contribution >= 0.6 is 23.2 Å². The lowest BCUT2D eigenvalue weighted by molar-refractivity contribution is 0.0650. The van der Waals surface area contributed by atoms with Crippen LogP contribution < -0.4 is 0 Å². The molecule has 0 aromatic heterocycles. The number of piperazine rings is 1. The molecule has 0 N–H and O–H groups in total. The van der Waals surface area contributed by atoms with Crippen molar-refractivity contribution in [3.63, 3.8) is 0 Å². The summed E-state index contributed by atoms with van der Waals surface area (Å²) in [6.45, 7) is 4.01. The molecule has 3 nitrogen and oxygen atoms in total. The summed E-state index contributed by atoms with van der Waals surface area (Å²) in [4.78, 5) is 16.8. The minimum absolute atomic E-state index is 0.0267. The molecule has 1 amide bonds. The highest BCUT2D eigenvalue weighted by Crippen LogP contribution is 2.22. The number of carbonyl (C=O) groups excluding carboxylic acids is 1. The number of benzene rings is 2. The molecule has 5 heteroatoms. The van der Waals surface area contributed by atoms with Gasteiger partial charge in [-0.3, -0.25) is 9.69 Å². The van der Waals surface area contributed by atoms with Gasteiger partial charge in [0.2, 0.25) is 0 Å². The second-order valence-electron chi connectivity index (χ2n) is 6.03.